The Hall–Kier alpha value is -2.02. The standard InChI is InChI=1S/C18H29N7/c1-5-14-15(6-2)22-23-18(21-14)20-10-13-8-7-9-24(3)17(13)16-11-19-12-25(16)4/h11-13,17H,5-10H2,1-4H3,(H,20,21,23)/t13-,17+/m0/s1. The summed E-state index contributed by atoms with van der Waals surface area (Å²) in [5, 5.41) is 12.0. The van der Waals surface area contributed by atoms with Crippen molar-refractivity contribution in [1.82, 2.24) is 29.6 Å². The molecule has 7 heteroatoms. The van der Waals surface area contributed by atoms with Gasteiger partial charge in [0.25, 0.3) is 0 Å². The molecule has 1 saturated heterocycles. The third-order valence-electron chi connectivity index (χ3n) is 5.20. The van der Waals surface area contributed by atoms with Crippen molar-refractivity contribution in [3.8, 4) is 0 Å². The van der Waals surface area contributed by atoms with Gasteiger partial charge in [0.15, 0.2) is 0 Å². The fourth-order valence-electron chi connectivity index (χ4n) is 3.83. The first-order valence-corrected chi connectivity index (χ1v) is 9.26. The molecule has 7 nitrogen and oxygen atoms in total. The summed E-state index contributed by atoms with van der Waals surface area (Å²) in [5.74, 6) is 1.14. The molecule has 2 atom stereocenters. The number of nitrogens with zero attached hydrogens (tertiary/aromatic N) is 6. The van der Waals surface area contributed by atoms with Crippen molar-refractivity contribution >= 4 is 5.95 Å². The van der Waals surface area contributed by atoms with Crippen LogP contribution in [0.15, 0.2) is 12.5 Å². The number of hydrogen-bond donors (Lipinski definition) is 1. The number of anilines is 1. The molecular formula is C18H29N7. The summed E-state index contributed by atoms with van der Waals surface area (Å²) in [5.41, 5.74) is 3.31. The average molecular weight is 343 g/mol. The van der Waals surface area contributed by atoms with Crippen LogP contribution < -0.4 is 5.32 Å². The van der Waals surface area contributed by atoms with Gasteiger partial charge in [-0.25, -0.2) is 9.97 Å². The Labute approximate surface area is 149 Å². The average Bonchev–Trinajstić information content (AvgIpc) is 3.05. The Morgan fingerprint density at radius 1 is 1.16 bits per heavy atom. The molecule has 1 fully saturated rings. The molecule has 25 heavy (non-hydrogen) atoms. The van der Waals surface area contributed by atoms with Crippen LogP contribution in [0.5, 0.6) is 0 Å². The lowest BCUT2D eigenvalue weighted by Gasteiger charge is -2.39. The van der Waals surface area contributed by atoms with Crippen molar-refractivity contribution < 1.29 is 0 Å². The second-order valence-corrected chi connectivity index (χ2v) is 6.87. The second kappa shape index (κ2) is 7.91. The first kappa shape index (κ1) is 17.8. The summed E-state index contributed by atoms with van der Waals surface area (Å²) < 4.78 is 2.13. The first-order valence-electron chi connectivity index (χ1n) is 9.26. The summed E-state index contributed by atoms with van der Waals surface area (Å²) in [6.07, 6.45) is 8.03. The van der Waals surface area contributed by atoms with Gasteiger partial charge in [-0.3, -0.25) is 4.90 Å². The highest BCUT2D eigenvalue weighted by molar-refractivity contribution is 5.26. The highest BCUT2D eigenvalue weighted by atomic mass is 15.2. The van der Waals surface area contributed by atoms with E-state index in [0.717, 1.165) is 37.3 Å². The Kier molecular flexibility index (Phi) is 5.63. The van der Waals surface area contributed by atoms with Crippen molar-refractivity contribution in [2.75, 3.05) is 25.5 Å². The molecule has 0 amide bonds. The van der Waals surface area contributed by atoms with E-state index in [0.29, 0.717) is 17.9 Å². The Morgan fingerprint density at radius 2 is 1.96 bits per heavy atom. The molecule has 2 aromatic heterocycles. The lowest BCUT2D eigenvalue weighted by Crippen LogP contribution is -2.40. The molecule has 1 N–H and O–H groups in total. The fraction of sp³-hybridized carbons (Fsp3) is 0.667. The van der Waals surface area contributed by atoms with Crippen LogP contribution in [-0.4, -0.2) is 49.8 Å². The fourth-order valence-corrected chi connectivity index (χ4v) is 3.83. The topological polar surface area (TPSA) is 71.8 Å². The van der Waals surface area contributed by atoms with E-state index in [-0.39, 0.29) is 0 Å². The number of aryl methyl sites for hydroxylation is 3. The van der Waals surface area contributed by atoms with E-state index in [1.807, 2.05) is 12.5 Å². The van der Waals surface area contributed by atoms with Crippen LogP contribution in [0.1, 0.15) is 49.8 Å². The monoisotopic (exact) mass is 343 g/mol. The van der Waals surface area contributed by atoms with E-state index < -0.39 is 0 Å². The van der Waals surface area contributed by atoms with Crippen LogP contribution >= 0.6 is 0 Å². The largest absolute Gasteiger partial charge is 0.353 e. The quantitative estimate of drug-likeness (QED) is 0.867. The molecule has 0 spiro atoms. The summed E-state index contributed by atoms with van der Waals surface area (Å²) in [6, 6.07) is 0.363. The van der Waals surface area contributed by atoms with Crippen LogP contribution in [0.4, 0.5) is 5.95 Å². The van der Waals surface area contributed by atoms with E-state index in [1.165, 1.54) is 18.5 Å². The molecule has 0 aromatic carbocycles. The van der Waals surface area contributed by atoms with Gasteiger partial charge < -0.3 is 9.88 Å². The third-order valence-corrected chi connectivity index (χ3v) is 5.20. The van der Waals surface area contributed by atoms with Gasteiger partial charge in [-0.05, 0) is 45.2 Å². The van der Waals surface area contributed by atoms with Gasteiger partial charge in [-0.2, -0.15) is 5.10 Å². The Morgan fingerprint density at radius 3 is 2.64 bits per heavy atom. The first-order chi connectivity index (χ1) is 12.1. The molecule has 0 bridgehead atoms. The molecule has 3 heterocycles. The van der Waals surface area contributed by atoms with Gasteiger partial charge in [0.1, 0.15) is 0 Å². The number of piperidine rings is 1. The minimum absolute atomic E-state index is 0.363. The predicted molar refractivity (Wildman–Crippen MR) is 98.4 cm³/mol. The Bertz CT molecular complexity index is 696. The SMILES string of the molecule is CCc1nnc(NC[C@@H]2CCCN(C)[C@H]2c2cncn2C)nc1CC. The lowest BCUT2D eigenvalue weighted by atomic mass is 9.87. The number of imidazole rings is 1. The van der Waals surface area contributed by atoms with E-state index in [1.54, 1.807) is 0 Å². The number of hydrogen-bond acceptors (Lipinski definition) is 6. The smallest absolute Gasteiger partial charge is 0.242 e. The molecular weight excluding hydrogens is 314 g/mol. The van der Waals surface area contributed by atoms with Crippen molar-refractivity contribution in [2.24, 2.45) is 13.0 Å². The number of nitrogens with one attached hydrogen (secondary N) is 1. The van der Waals surface area contributed by atoms with Crippen molar-refractivity contribution in [3.05, 3.63) is 29.6 Å². The highest BCUT2D eigenvalue weighted by Gasteiger charge is 2.32. The van der Waals surface area contributed by atoms with E-state index in [9.17, 15) is 0 Å². The van der Waals surface area contributed by atoms with Crippen molar-refractivity contribution in [1.29, 1.82) is 0 Å². The summed E-state index contributed by atoms with van der Waals surface area (Å²) >= 11 is 0. The van der Waals surface area contributed by atoms with Gasteiger partial charge in [-0.1, -0.05) is 13.8 Å². The number of rotatable bonds is 6. The molecule has 0 radical (unpaired) electrons. The van der Waals surface area contributed by atoms with Gasteiger partial charge in [0.2, 0.25) is 5.95 Å². The maximum Gasteiger partial charge on any atom is 0.242 e. The lowest BCUT2D eigenvalue weighted by molar-refractivity contribution is 0.122. The Balaban J connectivity index is 1.73. The van der Waals surface area contributed by atoms with Crippen LogP contribution in [0.25, 0.3) is 0 Å². The number of likely N-dealkylation sites (tertiary alicyclic amines) is 1. The minimum atomic E-state index is 0.363. The van der Waals surface area contributed by atoms with Crippen LogP contribution in [0, 0.1) is 5.92 Å². The normalized spacial score (nSPS) is 21.4. The van der Waals surface area contributed by atoms with Gasteiger partial charge in [0, 0.05) is 19.8 Å². The zero-order valence-electron chi connectivity index (χ0n) is 15.7. The van der Waals surface area contributed by atoms with Crippen LogP contribution in [0.2, 0.25) is 0 Å². The van der Waals surface area contributed by atoms with Gasteiger partial charge in [-0.15, -0.1) is 5.10 Å². The zero-order valence-corrected chi connectivity index (χ0v) is 15.7. The molecule has 0 saturated carbocycles. The highest BCUT2D eigenvalue weighted by Crippen LogP contribution is 2.34. The molecule has 0 unspecified atom stereocenters. The zero-order chi connectivity index (χ0) is 17.8. The van der Waals surface area contributed by atoms with E-state index >= 15 is 0 Å². The van der Waals surface area contributed by atoms with Crippen LogP contribution in [-0.2, 0) is 19.9 Å². The van der Waals surface area contributed by atoms with E-state index in [4.69, 9.17) is 0 Å². The summed E-state index contributed by atoms with van der Waals surface area (Å²) in [6.45, 7) is 6.17. The van der Waals surface area contributed by atoms with Crippen molar-refractivity contribution in [3.63, 3.8) is 0 Å². The predicted octanol–water partition coefficient (Wildman–Crippen LogP) is 2.22. The summed E-state index contributed by atoms with van der Waals surface area (Å²) in [7, 11) is 4.27. The van der Waals surface area contributed by atoms with Gasteiger partial charge >= 0.3 is 0 Å². The molecule has 3 rings (SSSR count). The van der Waals surface area contributed by atoms with Crippen molar-refractivity contribution in [2.45, 2.75) is 45.6 Å². The molecule has 1 aliphatic rings. The maximum atomic E-state index is 4.65. The minimum Gasteiger partial charge on any atom is -0.353 e. The molecule has 136 valence electrons. The maximum absolute atomic E-state index is 4.65. The molecule has 0 aliphatic carbocycles. The second-order valence-electron chi connectivity index (χ2n) is 6.87. The summed E-state index contributed by atoms with van der Waals surface area (Å²) in [4.78, 5) is 11.4. The number of aromatic nitrogens is 5. The molecule has 1 aliphatic heterocycles. The van der Waals surface area contributed by atoms with Gasteiger partial charge in [0.05, 0.1) is 29.5 Å². The van der Waals surface area contributed by atoms with E-state index in [2.05, 4.69) is 62.9 Å². The molecule has 2 aromatic rings. The van der Waals surface area contributed by atoms with Crippen LogP contribution in [0.3, 0.4) is 0 Å². The third kappa shape index (κ3) is 3.81.